The van der Waals surface area contributed by atoms with Gasteiger partial charge in [-0.2, -0.15) is 0 Å². The van der Waals surface area contributed by atoms with Gasteiger partial charge in [-0.15, -0.1) is 0 Å². The molecule has 0 radical (unpaired) electrons. The zero-order valence-electron chi connectivity index (χ0n) is 30.0. The van der Waals surface area contributed by atoms with Gasteiger partial charge in [-0.25, -0.2) is 0 Å². The molecular weight excluding hydrogens is 601 g/mol. The Bertz CT molecular complexity index is 2320. The normalized spacial score (nSPS) is 11.8. The highest BCUT2D eigenvalue weighted by Gasteiger charge is 2.26. The lowest BCUT2D eigenvalue weighted by molar-refractivity contribution is 0.867. The quantitative estimate of drug-likeness (QED) is 0.158. The van der Waals surface area contributed by atoms with Gasteiger partial charge in [0.05, 0.1) is 0 Å². The minimum atomic E-state index is 0.465. The van der Waals surface area contributed by atoms with Gasteiger partial charge in [0.2, 0.25) is 0 Å². The van der Waals surface area contributed by atoms with Crippen molar-refractivity contribution in [2.24, 2.45) is 0 Å². The molecule has 8 rings (SSSR count). The van der Waals surface area contributed by atoms with Crippen LogP contribution in [-0.4, -0.2) is 0 Å². The number of aryl methyl sites for hydroxylation is 2. The van der Waals surface area contributed by atoms with Gasteiger partial charge in [-0.3, -0.25) is 0 Å². The molecule has 0 saturated carbocycles. The van der Waals surface area contributed by atoms with E-state index in [0.29, 0.717) is 11.8 Å². The number of benzene rings is 8. The van der Waals surface area contributed by atoms with Gasteiger partial charge in [-0.05, 0) is 114 Å². The molecule has 0 nitrogen and oxygen atoms in total. The van der Waals surface area contributed by atoms with E-state index in [4.69, 9.17) is 0 Å². The Morgan fingerprint density at radius 1 is 0.320 bits per heavy atom. The van der Waals surface area contributed by atoms with Crippen LogP contribution in [0, 0.1) is 13.8 Å². The van der Waals surface area contributed by atoms with E-state index >= 15 is 0 Å². The van der Waals surface area contributed by atoms with E-state index in [1.54, 1.807) is 0 Å². The van der Waals surface area contributed by atoms with Crippen LogP contribution < -0.4 is 0 Å². The lowest BCUT2D eigenvalue weighted by Crippen LogP contribution is -1.99. The highest BCUT2D eigenvalue weighted by Crippen LogP contribution is 2.53. The van der Waals surface area contributed by atoms with E-state index in [2.05, 4.69) is 187 Å². The molecule has 8 aromatic carbocycles. The number of fused-ring (bicyclic) bond motifs is 3. The standard InChI is InChI=1S/C50H44/c1-31(2)35-19-23-39(24-20-35)47-43-29-33(5)17-27-41(43)46(38-15-11-8-12-16-38)50-48(40-25-21-36(22-26-40)32(3)4)44-30-34(6)18-28-42(44)45(49(47)50)37-13-9-7-10-14-37/h7-32H,1-6H3. The fourth-order valence-corrected chi connectivity index (χ4v) is 7.93. The van der Waals surface area contributed by atoms with Crippen molar-refractivity contribution in [3.63, 3.8) is 0 Å². The first-order valence-electron chi connectivity index (χ1n) is 18.1. The molecule has 0 atom stereocenters. The van der Waals surface area contributed by atoms with E-state index < -0.39 is 0 Å². The summed E-state index contributed by atoms with van der Waals surface area (Å²) in [5, 5.41) is 7.76. The lowest BCUT2D eigenvalue weighted by Gasteiger charge is -2.26. The van der Waals surface area contributed by atoms with Crippen molar-refractivity contribution in [1.29, 1.82) is 0 Å². The van der Waals surface area contributed by atoms with Crippen molar-refractivity contribution in [1.82, 2.24) is 0 Å². The molecule has 0 heteroatoms. The average Bonchev–Trinajstić information content (AvgIpc) is 3.13. The molecule has 244 valence electrons. The fraction of sp³-hybridized carbons (Fsp3) is 0.160. The summed E-state index contributed by atoms with van der Waals surface area (Å²) in [5.74, 6) is 0.931. The third-order valence-corrected chi connectivity index (χ3v) is 10.5. The molecule has 50 heavy (non-hydrogen) atoms. The van der Waals surface area contributed by atoms with E-state index in [0.717, 1.165) is 0 Å². The van der Waals surface area contributed by atoms with Crippen molar-refractivity contribution in [3.8, 4) is 44.5 Å². The van der Waals surface area contributed by atoms with Crippen LogP contribution in [-0.2, 0) is 0 Å². The summed E-state index contributed by atoms with van der Waals surface area (Å²) in [7, 11) is 0. The Kier molecular flexibility index (Phi) is 8.12. The first-order chi connectivity index (χ1) is 24.3. The first kappa shape index (κ1) is 31.8. The van der Waals surface area contributed by atoms with E-state index in [9.17, 15) is 0 Å². The molecule has 0 aliphatic rings. The number of rotatable bonds is 6. The van der Waals surface area contributed by atoms with Gasteiger partial charge >= 0.3 is 0 Å². The largest absolute Gasteiger partial charge is 0.0622 e. The Hall–Kier alpha value is -5.46. The van der Waals surface area contributed by atoms with E-state index in [1.165, 1.54) is 99.1 Å². The second-order valence-electron chi connectivity index (χ2n) is 14.6. The van der Waals surface area contributed by atoms with Gasteiger partial charge in [0, 0.05) is 0 Å². The monoisotopic (exact) mass is 644 g/mol. The first-order valence-corrected chi connectivity index (χ1v) is 18.1. The van der Waals surface area contributed by atoms with Crippen LogP contribution in [0.5, 0.6) is 0 Å². The van der Waals surface area contributed by atoms with Crippen molar-refractivity contribution < 1.29 is 0 Å². The number of hydrogen-bond acceptors (Lipinski definition) is 0. The summed E-state index contributed by atoms with van der Waals surface area (Å²) in [6.07, 6.45) is 0. The summed E-state index contributed by atoms with van der Waals surface area (Å²) in [6, 6.07) is 55.0. The summed E-state index contributed by atoms with van der Waals surface area (Å²) in [5.41, 5.74) is 15.4. The molecule has 0 bridgehead atoms. The van der Waals surface area contributed by atoms with Crippen LogP contribution in [0.2, 0.25) is 0 Å². The molecule has 0 aromatic heterocycles. The van der Waals surface area contributed by atoms with Gasteiger partial charge in [0.1, 0.15) is 0 Å². The molecule has 0 spiro atoms. The minimum absolute atomic E-state index is 0.465. The molecule has 0 saturated heterocycles. The molecule has 0 unspecified atom stereocenters. The zero-order chi connectivity index (χ0) is 34.5. The van der Waals surface area contributed by atoms with E-state index in [1.807, 2.05) is 0 Å². The highest BCUT2D eigenvalue weighted by molar-refractivity contribution is 6.33. The van der Waals surface area contributed by atoms with Crippen LogP contribution in [0.1, 0.15) is 61.8 Å². The van der Waals surface area contributed by atoms with E-state index in [-0.39, 0.29) is 0 Å². The molecule has 0 heterocycles. The molecule has 0 amide bonds. The summed E-state index contributed by atoms with van der Waals surface area (Å²) in [4.78, 5) is 0. The van der Waals surface area contributed by atoms with Gasteiger partial charge < -0.3 is 0 Å². The van der Waals surface area contributed by atoms with Crippen molar-refractivity contribution in [3.05, 3.63) is 168 Å². The van der Waals surface area contributed by atoms with Crippen LogP contribution in [0.3, 0.4) is 0 Å². The number of hydrogen-bond donors (Lipinski definition) is 0. The van der Waals surface area contributed by atoms with Gasteiger partial charge in [-0.1, -0.05) is 184 Å². The molecule has 0 N–H and O–H groups in total. The maximum atomic E-state index is 2.41. The Labute approximate surface area is 297 Å². The molecule has 0 fully saturated rings. The summed E-state index contributed by atoms with van der Waals surface area (Å²) < 4.78 is 0. The van der Waals surface area contributed by atoms with Crippen molar-refractivity contribution in [2.75, 3.05) is 0 Å². The molecular formula is C50H44. The van der Waals surface area contributed by atoms with Gasteiger partial charge in [0.15, 0.2) is 0 Å². The minimum Gasteiger partial charge on any atom is -0.0622 e. The SMILES string of the molecule is Cc1ccc2c(-c3ccccc3)c3c(-c4ccc(C(C)C)cc4)c4cc(C)ccc4c(-c4ccccc4)c3c(-c3ccc(C(C)C)cc3)c2c1. The lowest BCUT2D eigenvalue weighted by atomic mass is 9.77. The van der Waals surface area contributed by atoms with Crippen LogP contribution in [0.4, 0.5) is 0 Å². The van der Waals surface area contributed by atoms with Crippen LogP contribution in [0.15, 0.2) is 146 Å². The molecule has 0 aliphatic carbocycles. The second-order valence-corrected chi connectivity index (χ2v) is 14.6. The summed E-state index contributed by atoms with van der Waals surface area (Å²) in [6.45, 7) is 13.5. The predicted molar refractivity (Wildman–Crippen MR) is 218 cm³/mol. The molecule has 0 aliphatic heterocycles. The fourth-order valence-electron chi connectivity index (χ4n) is 7.93. The average molecular weight is 645 g/mol. The highest BCUT2D eigenvalue weighted by atomic mass is 14.3. The maximum absolute atomic E-state index is 2.41. The van der Waals surface area contributed by atoms with Gasteiger partial charge in [0.25, 0.3) is 0 Å². The third-order valence-electron chi connectivity index (χ3n) is 10.5. The van der Waals surface area contributed by atoms with Crippen molar-refractivity contribution in [2.45, 2.75) is 53.4 Å². The van der Waals surface area contributed by atoms with Crippen LogP contribution in [0.25, 0.3) is 76.8 Å². The Balaban J connectivity index is 1.71. The van der Waals surface area contributed by atoms with Crippen molar-refractivity contribution >= 4 is 32.3 Å². The maximum Gasteiger partial charge on any atom is -0.000139 e. The topological polar surface area (TPSA) is 0 Å². The predicted octanol–water partition coefficient (Wildman–Crippen LogP) is 14.7. The Morgan fingerprint density at radius 2 is 0.640 bits per heavy atom. The Morgan fingerprint density at radius 3 is 0.980 bits per heavy atom. The van der Waals surface area contributed by atoms with Crippen LogP contribution >= 0.6 is 0 Å². The third kappa shape index (κ3) is 5.40. The molecule has 8 aromatic rings. The zero-order valence-corrected chi connectivity index (χ0v) is 30.0. The second kappa shape index (κ2) is 12.8. The smallest absolute Gasteiger partial charge is 0.000139 e. The summed E-state index contributed by atoms with van der Waals surface area (Å²) >= 11 is 0.